The molecule has 0 radical (unpaired) electrons. The summed E-state index contributed by atoms with van der Waals surface area (Å²) >= 11 is 1.26. The number of nitrogens with zero attached hydrogens (tertiary/aromatic N) is 2. The number of carbonyl (C=O) groups excluding carboxylic acids is 2. The largest absolute Gasteiger partial charge is 0.507 e. The van der Waals surface area contributed by atoms with Gasteiger partial charge in [0.25, 0.3) is 5.78 Å². The van der Waals surface area contributed by atoms with E-state index < -0.39 is 17.7 Å². The molecule has 5 rings (SSSR count). The fourth-order valence-corrected chi connectivity index (χ4v) is 6.08. The zero-order valence-corrected chi connectivity index (χ0v) is 26.1. The maximum atomic E-state index is 13.7. The van der Waals surface area contributed by atoms with E-state index in [1.165, 1.54) is 23.3 Å². The molecule has 0 aliphatic carbocycles. The van der Waals surface area contributed by atoms with E-state index in [2.05, 4.69) is 6.92 Å². The number of methoxy groups -OCH3 is 2. The van der Waals surface area contributed by atoms with Crippen molar-refractivity contribution in [1.82, 2.24) is 4.98 Å². The second-order valence-electron chi connectivity index (χ2n) is 10.3. The van der Waals surface area contributed by atoms with Gasteiger partial charge in [-0.1, -0.05) is 44.1 Å². The van der Waals surface area contributed by atoms with E-state index in [9.17, 15) is 14.7 Å². The Hall–Kier alpha value is -4.57. The number of aliphatic hydroxyl groups is 1. The lowest BCUT2D eigenvalue weighted by molar-refractivity contribution is -0.132. The van der Waals surface area contributed by atoms with Gasteiger partial charge in [-0.2, -0.15) is 0 Å². The lowest BCUT2D eigenvalue weighted by Crippen LogP contribution is -2.29. The van der Waals surface area contributed by atoms with E-state index in [1.807, 2.05) is 13.0 Å². The van der Waals surface area contributed by atoms with Crippen molar-refractivity contribution < 1.29 is 33.6 Å². The fraction of sp³-hybridized carbons (Fsp3) is 0.324. The molecule has 0 spiro atoms. The van der Waals surface area contributed by atoms with E-state index in [1.54, 1.807) is 61.7 Å². The molecule has 10 heteroatoms. The molecule has 3 aromatic carbocycles. The maximum absolute atomic E-state index is 13.7. The average molecular weight is 617 g/mol. The summed E-state index contributed by atoms with van der Waals surface area (Å²) in [5.41, 5.74) is 1.55. The predicted octanol–water partition coefficient (Wildman–Crippen LogP) is 7.30. The Morgan fingerprint density at radius 2 is 1.64 bits per heavy atom. The number of anilines is 1. The molecule has 2 heterocycles. The maximum Gasteiger partial charge on any atom is 0.301 e. The zero-order chi connectivity index (χ0) is 31.2. The number of Topliss-reactive ketones (excluding diaryl/α,β-unsaturated/α-hetero) is 1. The number of unbranched alkanes of at least 4 members (excludes halogenated alkanes) is 2. The van der Waals surface area contributed by atoms with Gasteiger partial charge in [0.15, 0.2) is 16.6 Å². The van der Waals surface area contributed by atoms with Crippen molar-refractivity contribution in [2.75, 3.05) is 32.3 Å². The normalized spacial score (nSPS) is 16.0. The molecule has 1 fully saturated rings. The number of benzene rings is 3. The van der Waals surface area contributed by atoms with Crippen molar-refractivity contribution in [3.8, 4) is 23.0 Å². The Labute approximate surface area is 260 Å². The van der Waals surface area contributed by atoms with Crippen molar-refractivity contribution >= 4 is 44.1 Å². The van der Waals surface area contributed by atoms with Crippen molar-refractivity contribution in [1.29, 1.82) is 0 Å². The first-order chi connectivity index (χ1) is 21.4. The second-order valence-corrected chi connectivity index (χ2v) is 11.3. The summed E-state index contributed by atoms with van der Waals surface area (Å²) in [5, 5.41) is 11.9. The van der Waals surface area contributed by atoms with Gasteiger partial charge in [-0.05, 0) is 73.0 Å². The molecule has 230 valence electrons. The van der Waals surface area contributed by atoms with E-state index in [0.717, 1.165) is 30.4 Å². The Morgan fingerprint density at radius 1 is 0.864 bits per heavy atom. The van der Waals surface area contributed by atoms with Crippen LogP contribution < -0.4 is 23.8 Å². The Morgan fingerprint density at radius 3 is 2.34 bits per heavy atom. The van der Waals surface area contributed by atoms with Gasteiger partial charge in [0.2, 0.25) is 0 Å². The van der Waals surface area contributed by atoms with Gasteiger partial charge in [0.1, 0.15) is 17.3 Å². The third kappa shape index (κ3) is 6.21. The molecular weight excluding hydrogens is 580 g/mol. The van der Waals surface area contributed by atoms with Crippen LogP contribution in [0.3, 0.4) is 0 Å². The molecule has 1 aliphatic heterocycles. The molecular formula is C34H36N2O7S. The summed E-state index contributed by atoms with van der Waals surface area (Å²) in [7, 11) is 3.12. The molecule has 1 N–H and O–H groups in total. The fourth-order valence-electron chi connectivity index (χ4n) is 5.06. The Bertz CT molecular complexity index is 1680. The monoisotopic (exact) mass is 616 g/mol. The van der Waals surface area contributed by atoms with Gasteiger partial charge >= 0.3 is 5.91 Å². The van der Waals surface area contributed by atoms with Gasteiger partial charge in [-0.3, -0.25) is 14.5 Å². The molecule has 9 nitrogen and oxygen atoms in total. The van der Waals surface area contributed by atoms with Gasteiger partial charge in [-0.15, -0.1) is 0 Å². The molecule has 0 saturated carbocycles. The summed E-state index contributed by atoms with van der Waals surface area (Å²) < 4.78 is 23.5. The molecule has 1 aliphatic rings. The number of carbonyl (C=O) groups is 2. The minimum atomic E-state index is -0.975. The molecule has 1 amide bonds. The number of amides is 1. The number of rotatable bonds is 13. The number of aromatic nitrogens is 1. The lowest BCUT2D eigenvalue weighted by Gasteiger charge is -2.24. The number of hydrogen-bond donors (Lipinski definition) is 1. The minimum Gasteiger partial charge on any atom is -0.507 e. The van der Waals surface area contributed by atoms with Crippen LogP contribution in [0.1, 0.15) is 56.7 Å². The SMILES string of the molecule is CCCCCOc1ccc(C2/C(=C(\O)c3ccc(OCCC)cc3)C(=O)C(=O)N2c2nc3ccc(OC)cc3s2)cc1OC. The van der Waals surface area contributed by atoms with Crippen molar-refractivity contribution in [2.24, 2.45) is 0 Å². The van der Waals surface area contributed by atoms with Crippen LogP contribution in [0.2, 0.25) is 0 Å². The number of fused-ring (bicyclic) bond motifs is 1. The van der Waals surface area contributed by atoms with Crippen LogP contribution in [0.25, 0.3) is 16.0 Å². The average Bonchev–Trinajstić information content (AvgIpc) is 3.59. The number of aliphatic hydroxyl groups excluding tert-OH is 1. The van der Waals surface area contributed by atoms with Gasteiger partial charge in [-0.25, -0.2) is 4.98 Å². The van der Waals surface area contributed by atoms with E-state index in [0.29, 0.717) is 58.0 Å². The van der Waals surface area contributed by atoms with Gasteiger partial charge < -0.3 is 24.1 Å². The quantitative estimate of drug-likeness (QED) is 0.0722. The highest BCUT2D eigenvalue weighted by Gasteiger charge is 2.48. The van der Waals surface area contributed by atoms with Crippen molar-refractivity contribution in [3.63, 3.8) is 0 Å². The highest BCUT2D eigenvalue weighted by atomic mass is 32.1. The van der Waals surface area contributed by atoms with Gasteiger partial charge in [0.05, 0.1) is 49.3 Å². The number of ether oxygens (including phenoxy) is 4. The summed E-state index contributed by atoms with van der Waals surface area (Å²) in [4.78, 5) is 33.5. The summed E-state index contributed by atoms with van der Waals surface area (Å²) in [6, 6.07) is 16.5. The highest BCUT2D eigenvalue weighted by molar-refractivity contribution is 7.22. The van der Waals surface area contributed by atoms with Crippen LogP contribution in [0.4, 0.5) is 5.13 Å². The summed E-state index contributed by atoms with van der Waals surface area (Å²) in [5.74, 6) is 0.412. The molecule has 44 heavy (non-hydrogen) atoms. The van der Waals surface area contributed by atoms with Crippen molar-refractivity contribution in [2.45, 2.75) is 45.6 Å². The van der Waals surface area contributed by atoms with Gasteiger partial charge in [0, 0.05) is 5.56 Å². The highest BCUT2D eigenvalue weighted by Crippen LogP contribution is 2.46. The van der Waals surface area contributed by atoms with Crippen LogP contribution >= 0.6 is 11.3 Å². The standard InChI is InChI=1S/C34H36N2O7S/c1-5-7-8-18-43-26-16-11-22(19-27(26)41-4)30-29(31(37)21-9-12-23(13-10-21)42-17-6-2)32(38)33(39)36(30)34-35-25-15-14-24(40-3)20-28(25)44-34/h9-16,19-20,30,37H,5-8,17-18H2,1-4H3/b31-29+. The van der Waals surface area contributed by atoms with Crippen molar-refractivity contribution in [3.05, 3.63) is 77.4 Å². The molecule has 1 atom stereocenters. The first kappa shape index (κ1) is 30.9. The predicted molar refractivity (Wildman–Crippen MR) is 171 cm³/mol. The second kappa shape index (κ2) is 13.8. The van der Waals surface area contributed by atoms with Crippen LogP contribution in [-0.4, -0.2) is 49.2 Å². The smallest absolute Gasteiger partial charge is 0.301 e. The summed E-state index contributed by atoms with van der Waals surface area (Å²) in [6.07, 6.45) is 3.89. The number of hydrogen-bond acceptors (Lipinski definition) is 9. The third-order valence-corrected chi connectivity index (χ3v) is 8.36. The van der Waals surface area contributed by atoms with E-state index in [-0.39, 0.29) is 11.3 Å². The third-order valence-electron chi connectivity index (χ3n) is 7.34. The van der Waals surface area contributed by atoms with Crippen LogP contribution in [-0.2, 0) is 9.59 Å². The van der Waals surface area contributed by atoms with Crippen LogP contribution in [0, 0.1) is 0 Å². The molecule has 1 saturated heterocycles. The first-order valence-corrected chi connectivity index (χ1v) is 15.5. The Kier molecular flexibility index (Phi) is 9.69. The molecule has 0 bridgehead atoms. The topological polar surface area (TPSA) is 107 Å². The molecule has 1 unspecified atom stereocenters. The zero-order valence-electron chi connectivity index (χ0n) is 25.3. The lowest BCUT2D eigenvalue weighted by atomic mass is 9.95. The van der Waals surface area contributed by atoms with Crippen LogP contribution in [0.15, 0.2) is 66.2 Å². The summed E-state index contributed by atoms with van der Waals surface area (Å²) in [6.45, 7) is 5.24. The molecule has 1 aromatic heterocycles. The molecule has 4 aromatic rings. The minimum absolute atomic E-state index is 0.0484. The number of ketones is 1. The van der Waals surface area contributed by atoms with Crippen LogP contribution in [0.5, 0.6) is 23.0 Å². The Balaban J connectivity index is 1.62. The van der Waals surface area contributed by atoms with E-state index in [4.69, 9.17) is 23.9 Å². The first-order valence-electron chi connectivity index (χ1n) is 14.7. The van der Waals surface area contributed by atoms with E-state index >= 15 is 0 Å². The number of thiazole rings is 1.